The Morgan fingerprint density at radius 3 is 2.75 bits per heavy atom. The summed E-state index contributed by atoms with van der Waals surface area (Å²) in [5.74, 6) is 0.810. The molecular weight excluding hydrogens is 224 g/mol. The van der Waals surface area contributed by atoms with Gasteiger partial charge in [-0.05, 0) is 24.3 Å². The lowest BCUT2D eigenvalue weighted by molar-refractivity contribution is 0.415. The fourth-order valence-electron chi connectivity index (χ4n) is 1.35. The highest BCUT2D eigenvalue weighted by molar-refractivity contribution is 6.29. The van der Waals surface area contributed by atoms with Crippen LogP contribution in [0.25, 0.3) is 0 Å². The second-order valence-electron chi connectivity index (χ2n) is 3.22. The molecule has 2 aromatic rings. The van der Waals surface area contributed by atoms with Gasteiger partial charge in [-0.1, -0.05) is 17.7 Å². The standard InChI is InChI=1S/C12H11ClN2O/c1-16-11-4-2-3-9(7-11)15-10-5-6-14-12(13)8-10/h2-8H,1H3,(H,14,15). The molecule has 2 rings (SSSR count). The van der Waals surface area contributed by atoms with Gasteiger partial charge in [0.1, 0.15) is 10.9 Å². The van der Waals surface area contributed by atoms with Crippen molar-refractivity contribution in [3.8, 4) is 5.75 Å². The monoisotopic (exact) mass is 234 g/mol. The largest absolute Gasteiger partial charge is 0.497 e. The Labute approximate surface area is 99.0 Å². The number of benzene rings is 1. The van der Waals surface area contributed by atoms with E-state index in [9.17, 15) is 0 Å². The van der Waals surface area contributed by atoms with Gasteiger partial charge in [-0.2, -0.15) is 0 Å². The minimum absolute atomic E-state index is 0.466. The summed E-state index contributed by atoms with van der Waals surface area (Å²) < 4.78 is 5.14. The van der Waals surface area contributed by atoms with Crippen molar-refractivity contribution >= 4 is 23.0 Å². The maximum Gasteiger partial charge on any atom is 0.131 e. The smallest absolute Gasteiger partial charge is 0.131 e. The number of methoxy groups -OCH3 is 1. The molecule has 0 saturated carbocycles. The van der Waals surface area contributed by atoms with E-state index in [1.807, 2.05) is 30.3 Å². The van der Waals surface area contributed by atoms with Crippen LogP contribution in [0.5, 0.6) is 5.75 Å². The van der Waals surface area contributed by atoms with E-state index in [0.717, 1.165) is 17.1 Å². The van der Waals surface area contributed by atoms with E-state index in [-0.39, 0.29) is 0 Å². The lowest BCUT2D eigenvalue weighted by Gasteiger charge is -2.07. The first-order chi connectivity index (χ1) is 7.78. The van der Waals surface area contributed by atoms with E-state index < -0.39 is 0 Å². The first-order valence-electron chi connectivity index (χ1n) is 4.80. The van der Waals surface area contributed by atoms with E-state index >= 15 is 0 Å². The number of anilines is 2. The number of hydrogen-bond acceptors (Lipinski definition) is 3. The first kappa shape index (κ1) is 10.8. The van der Waals surface area contributed by atoms with Gasteiger partial charge in [0, 0.05) is 23.6 Å². The molecule has 0 bridgehead atoms. The van der Waals surface area contributed by atoms with Gasteiger partial charge in [0.25, 0.3) is 0 Å². The van der Waals surface area contributed by atoms with Gasteiger partial charge in [-0.25, -0.2) is 4.98 Å². The molecule has 0 aliphatic carbocycles. The minimum Gasteiger partial charge on any atom is -0.497 e. The van der Waals surface area contributed by atoms with Crippen molar-refractivity contribution < 1.29 is 4.74 Å². The molecule has 16 heavy (non-hydrogen) atoms. The number of nitrogens with one attached hydrogen (secondary N) is 1. The van der Waals surface area contributed by atoms with Gasteiger partial charge in [0.2, 0.25) is 0 Å². The third kappa shape index (κ3) is 2.64. The van der Waals surface area contributed by atoms with Crippen LogP contribution in [-0.4, -0.2) is 12.1 Å². The Morgan fingerprint density at radius 1 is 1.19 bits per heavy atom. The quantitative estimate of drug-likeness (QED) is 0.826. The Morgan fingerprint density at radius 2 is 2.00 bits per heavy atom. The Bertz CT molecular complexity index is 488. The maximum absolute atomic E-state index is 5.79. The third-order valence-electron chi connectivity index (χ3n) is 2.08. The van der Waals surface area contributed by atoms with Crippen LogP contribution in [0.3, 0.4) is 0 Å². The molecule has 0 radical (unpaired) electrons. The van der Waals surface area contributed by atoms with E-state index in [1.54, 1.807) is 19.4 Å². The average Bonchev–Trinajstić information content (AvgIpc) is 2.29. The van der Waals surface area contributed by atoms with Crippen LogP contribution in [0.1, 0.15) is 0 Å². The number of pyridine rings is 1. The van der Waals surface area contributed by atoms with Crippen molar-refractivity contribution in [1.82, 2.24) is 4.98 Å². The summed E-state index contributed by atoms with van der Waals surface area (Å²) in [5.41, 5.74) is 1.84. The molecule has 1 N–H and O–H groups in total. The van der Waals surface area contributed by atoms with Crippen molar-refractivity contribution in [1.29, 1.82) is 0 Å². The highest BCUT2D eigenvalue weighted by Crippen LogP contribution is 2.22. The number of nitrogens with zero attached hydrogens (tertiary/aromatic N) is 1. The van der Waals surface area contributed by atoms with Crippen molar-refractivity contribution in [3.05, 3.63) is 47.7 Å². The molecule has 0 spiro atoms. The summed E-state index contributed by atoms with van der Waals surface area (Å²) in [6.45, 7) is 0. The van der Waals surface area contributed by atoms with Crippen LogP contribution in [0.15, 0.2) is 42.6 Å². The van der Waals surface area contributed by atoms with Crippen LogP contribution < -0.4 is 10.1 Å². The summed E-state index contributed by atoms with van der Waals surface area (Å²) >= 11 is 5.79. The normalized spacial score (nSPS) is 9.88. The average molecular weight is 235 g/mol. The van der Waals surface area contributed by atoms with Crippen LogP contribution in [-0.2, 0) is 0 Å². The summed E-state index contributed by atoms with van der Waals surface area (Å²) in [4.78, 5) is 3.92. The van der Waals surface area contributed by atoms with Gasteiger partial charge in [-0.3, -0.25) is 0 Å². The van der Waals surface area contributed by atoms with E-state index in [4.69, 9.17) is 16.3 Å². The molecular formula is C12H11ClN2O. The second-order valence-corrected chi connectivity index (χ2v) is 3.61. The number of rotatable bonds is 3. The molecule has 0 aliphatic rings. The molecule has 1 aromatic heterocycles. The number of aromatic nitrogens is 1. The summed E-state index contributed by atoms with van der Waals surface area (Å²) in [6.07, 6.45) is 1.66. The van der Waals surface area contributed by atoms with Crippen molar-refractivity contribution in [2.45, 2.75) is 0 Å². The van der Waals surface area contributed by atoms with Gasteiger partial charge in [-0.15, -0.1) is 0 Å². The Hall–Kier alpha value is -1.74. The molecule has 0 atom stereocenters. The molecule has 3 nitrogen and oxygen atoms in total. The van der Waals surface area contributed by atoms with Crippen LogP contribution in [0, 0.1) is 0 Å². The Kier molecular flexibility index (Phi) is 3.27. The zero-order chi connectivity index (χ0) is 11.4. The predicted octanol–water partition coefficient (Wildman–Crippen LogP) is 3.49. The first-order valence-corrected chi connectivity index (χ1v) is 5.18. The zero-order valence-corrected chi connectivity index (χ0v) is 9.53. The number of halogens is 1. The van der Waals surface area contributed by atoms with Crippen molar-refractivity contribution in [2.24, 2.45) is 0 Å². The molecule has 0 amide bonds. The van der Waals surface area contributed by atoms with Crippen molar-refractivity contribution in [3.63, 3.8) is 0 Å². The lowest BCUT2D eigenvalue weighted by atomic mass is 10.3. The molecule has 1 aromatic carbocycles. The van der Waals surface area contributed by atoms with Crippen molar-refractivity contribution in [2.75, 3.05) is 12.4 Å². The summed E-state index contributed by atoms with van der Waals surface area (Å²) in [5, 5.41) is 3.68. The van der Waals surface area contributed by atoms with Gasteiger partial charge < -0.3 is 10.1 Å². The molecule has 0 unspecified atom stereocenters. The number of ether oxygens (including phenoxy) is 1. The highest BCUT2D eigenvalue weighted by atomic mass is 35.5. The van der Waals surface area contributed by atoms with Crippen LogP contribution >= 0.6 is 11.6 Å². The van der Waals surface area contributed by atoms with Gasteiger partial charge >= 0.3 is 0 Å². The highest BCUT2D eigenvalue weighted by Gasteiger charge is 1.97. The van der Waals surface area contributed by atoms with E-state index in [1.165, 1.54) is 0 Å². The fourth-order valence-corrected chi connectivity index (χ4v) is 1.52. The molecule has 4 heteroatoms. The Balaban J connectivity index is 2.20. The molecule has 0 aliphatic heterocycles. The second kappa shape index (κ2) is 4.86. The van der Waals surface area contributed by atoms with E-state index in [0.29, 0.717) is 5.15 Å². The molecule has 0 fully saturated rings. The SMILES string of the molecule is COc1cccc(Nc2ccnc(Cl)c2)c1. The molecule has 0 saturated heterocycles. The fraction of sp³-hybridized carbons (Fsp3) is 0.0833. The van der Waals surface area contributed by atoms with Crippen LogP contribution in [0.2, 0.25) is 5.15 Å². The van der Waals surface area contributed by atoms with Gasteiger partial charge in [0.15, 0.2) is 0 Å². The topological polar surface area (TPSA) is 34.1 Å². The predicted molar refractivity (Wildman–Crippen MR) is 65.5 cm³/mol. The third-order valence-corrected chi connectivity index (χ3v) is 2.29. The molecule has 82 valence electrons. The van der Waals surface area contributed by atoms with Crippen LogP contribution in [0.4, 0.5) is 11.4 Å². The lowest BCUT2D eigenvalue weighted by Crippen LogP contribution is -1.91. The van der Waals surface area contributed by atoms with E-state index in [2.05, 4.69) is 10.3 Å². The summed E-state index contributed by atoms with van der Waals surface area (Å²) in [6, 6.07) is 11.3. The molecule has 1 heterocycles. The maximum atomic E-state index is 5.79. The minimum atomic E-state index is 0.466. The zero-order valence-electron chi connectivity index (χ0n) is 8.77. The number of hydrogen-bond donors (Lipinski definition) is 1. The van der Waals surface area contributed by atoms with Gasteiger partial charge in [0.05, 0.1) is 7.11 Å². The summed E-state index contributed by atoms with van der Waals surface area (Å²) in [7, 11) is 1.64.